The van der Waals surface area contributed by atoms with Crippen LogP contribution in [0.1, 0.15) is 37.3 Å². The van der Waals surface area contributed by atoms with Crippen molar-refractivity contribution >= 4 is 10.0 Å². The summed E-state index contributed by atoms with van der Waals surface area (Å²) in [5, 5.41) is 3.07. The zero-order valence-electron chi connectivity index (χ0n) is 12.4. The minimum atomic E-state index is -3.40. The van der Waals surface area contributed by atoms with Crippen LogP contribution in [0.4, 0.5) is 0 Å². The molecule has 0 saturated heterocycles. The van der Waals surface area contributed by atoms with Crippen LogP contribution in [0.3, 0.4) is 0 Å². The van der Waals surface area contributed by atoms with E-state index in [1.54, 1.807) is 6.07 Å². The third-order valence-electron chi connectivity index (χ3n) is 3.94. The van der Waals surface area contributed by atoms with Gasteiger partial charge in [-0.2, -0.15) is 0 Å². The fourth-order valence-corrected chi connectivity index (χ4v) is 4.28. The van der Waals surface area contributed by atoms with Gasteiger partial charge in [0, 0.05) is 12.6 Å². The molecule has 0 aliphatic heterocycles. The van der Waals surface area contributed by atoms with Gasteiger partial charge in [-0.1, -0.05) is 25.5 Å². The Bertz CT molecular complexity index is 569. The Morgan fingerprint density at radius 3 is 2.75 bits per heavy atom. The number of rotatable bonds is 7. The molecule has 0 spiro atoms. The molecule has 1 aromatic rings. The smallest absolute Gasteiger partial charge is 0.241 e. The van der Waals surface area contributed by atoms with E-state index in [2.05, 4.69) is 17.0 Å². The minimum absolute atomic E-state index is 0.132. The van der Waals surface area contributed by atoms with Crippen molar-refractivity contribution in [1.29, 1.82) is 0 Å². The van der Waals surface area contributed by atoms with Crippen molar-refractivity contribution in [2.24, 2.45) is 5.92 Å². The van der Waals surface area contributed by atoms with Crippen molar-refractivity contribution in [3.05, 3.63) is 29.3 Å². The normalized spacial score (nSPS) is 21.9. The van der Waals surface area contributed by atoms with Crippen molar-refractivity contribution in [2.45, 2.75) is 50.6 Å². The fourth-order valence-electron chi connectivity index (χ4n) is 2.68. The highest BCUT2D eigenvalue weighted by Crippen LogP contribution is 2.36. The Balaban J connectivity index is 2.16. The van der Waals surface area contributed by atoms with Gasteiger partial charge in [0.15, 0.2) is 0 Å². The molecule has 1 aliphatic rings. The quantitative estimate of drug-likeness (QED) is 0.811. The standard InChI is InChI=1S/C15H24N2O2S/c1-4-6-12-9-14(12)17-20(18,19)15-8-5-7-13(10-16-3)11(15)2/h5,7-8,12,14,16-17H,4,6,9-10H2,1-3H3. The second kappa shape index (κ2) is 6.24. The van der Waals surface area contributed by atoms with Gasteiger partial charge in [-0.3, -0.25) is 0 Å². The van der Waals surface area contributed by atoms with Crippen molar-refractivity contribution in [3.8, 4) is 0 Å². The number of benzene rings is 1. The first-order valence-corrected chi connectivity index (χ1v) is 8.73. The van der Waals surface area contributed by atoms with E-state index in [1.807, 2.05) is 26.1 Å². The molecule has 2 rings (SSSR count). The monoisotopic (exact) mass is 296 g/mol. The number of hydrogen-bond donors (Lipinski definition) is 2. The summed E-state index contributed by atoms with van der Waals surface area (Å²) in [6.07, 6.45) is 3.19. The Morgan fingerprint density at radius 1 is 1.35 bits per heavy atom. The maximum Gasteiger partial charge on any atom is 0.241 e. The predicted molar refractivity (Wildman–Crippen MR) is 81.1 cm³/mol. The predicted octanol–water partition coefficient (Wildman–Crippen LogP) is 2.18. The minimum Gasteiger partial charge on any atom is -0.316 e. The SMILES string of the molecule is CCCC1CC1NS(=O)(=O)c1cccc(CNC)c1C. The lowest BCUT2D eigenvalue weighted by atomic mass is 10.1. The largest absolute Gasteiger partial charge is 0.316 e. The fraction of sp³-hybridized carbons (Fsp3) is 0.600. The molecule has 1 aromatic carbocycles. The Kier molecular flexibility index (Phi) is 4.83. The molecule has 1 fully saturated rings. The first-order valence-electron chi connectivity index (χ1n) is 7.25. The lowest BCUT2D eigenvalue weighted by molar-refractivity contribution is 0.572. The highest BCUT2D eigenvalue weighted by molar-refractivity contribution is 7.89. The maximum atomic E-state index is 12.5. The first kappa shape index (κ1) is 15.5. The summed E-state index contributed by atoms with van der Waals surface area (Å²) in [6, 6.07) is 5.59. The molecule has 1 aliphatic carbocycles. The molecule has 2 atom stereocenters. The molecule has 20 heavy (non-hydrogen) atoms. The number of nitrogens with one attached hydrogen (secondary N) is 2. The Hall–Kier alpha value is -0.910. The zero-order chi connectivity index (χ0) is 14.8. The van der Waals surface area contributed by atoms with Crippen LogP contribution in [0.5, 0.6) is 0 Å². The van der Waals surface area contributed by atoms with Crippen LogP contribution in [0, 0.1) is 12.8 Å². The number of sulfonamides is 1. The van der Waals surface area contributed by atoms with Gasteiger partial charge in [-0.15, -0.1) is 0 Å². The van der Waals surface area contributed by atoms with Crippen molar-refractivity contribution in [1.82, 2.24) is 10.0 Å². The van der Waals surface area contributed by atoms with Crippen LogP contribution in [0.15, 0.2) is 23.1 Å². The molecular formula is C15H24N2O2S. The summed E-state index contributed by atoms with van der Waals surface area (Å²) in [6.45, 7) is 4.68. The molecule has 112 valence electrons. The van der Waals surface area contributed by atoms with Gasteiger partial charge in [-0.05, 0) is 49.9 Å². The third-order valence-corrected chi connectivity index (χ3v) is 5.58. The summed E-state index contributed by atoms with van der Waals surface area (Å²) < 4.78 is 27.8. The van der Waals surface area contributed by atoms with Gasteiger partial charge in [0.1, 0.15) is 0 Å². The molecule has 0 amide bonds. The van der Waals surface area contributed by atoms with Gasteiger partial charge in [0.05, 0.1) is 4.90 Å². The van der Waals surface area contributed by atoms with E-state index in [0.717, 1.165) is 30.4 Å². The molecule has 0 heterocycles. The molecule has 1 saturated carbocycles. The molecule has 2 N–H and O–H groups in total. The Labute approximate surface area is 122 Å². The molecular weight excluding hydrogens is 272 g/mol. The van der Waals surface area contributed by atoms with Crippen LogP contribution in [0.25, 0.3) is 0 Å². The summed E-state index contributed by atoms with van der Waals surface area (Å²) >= 11 is 0. The van der Waals surface area contributed by atoms with E-state index >= 15 is 0 Å². The van der Waals surface area contributed by atoms with Crippen LogP contribution in [-0.2, 0) is 16.6 Å². The topological polar surface area (TPSA) is 58.2 Å². The molecule has 2 unspecified atom stereocenters. The van der Waals surface area contributed by atoms with E-state index in [9.17, 15) is 8.42 Å². The third kappa shape index (κ3) is 3.40. The van der Waals surface area contributed by atoms with Gasteiger partial charge in [-0.25, -0.2) is 13.1 Å². The van der Waals surface area contributed by atoms with Crippen LogP contribution in [0.2, 0.25) is 0 Å². The summed E-state index contributed by atoms with van der Waals surface area (Å²) in [5.74, 6) is 0.524. The Morgan fingerprint density at radius 2 is 2.10 bits per heavy atom. The van der Waals surface area contributed by atoms with Crippen molar-refractivity contribution in [3.63, 3.8) is 0 Å². The van der Waals surface area contributed by atoms with Gasteiger partial charge >= 0.3 is 0 Å². The molecule has 0 radical (unpaired) electrons. The lowest BCUT2D eigenvalue weighted by Gasteiger charge is -2.12. The molecule has 0 bridgehead atoms. The van der Waals surface area contributed by atoms with Gasteiger partial charge in [0.2, 0.25) is 10.0 Å². The molecule has 0 aromatic heterocycles. The summed E-state index contributed by atoms with van der Waals surface area (Å²) in [4.78, 5) is 0.410. The van der Waals surface area contributed by atoms with Crippen molar-refractivity contribution < 1.29 is 8.42 Å². The van der Waals surface area contributed by atoms with Gasteiger partial charge < -0.3 is 5.32 Å². The van der Waals surface area contributed by atoms with E-state index in [1.165, 1.54) is 0 Å². The summed E-state index contributed by atoms with van der Waals surface area (Å²) in [7, 11) is -1.54. The first-order chi connectivity index (χ1) is 9.49. The van der Waals surface area contributed by atoms with Crippen molar-refractivity contribution in [2.75, 3.05) is 7.05 Å². The van der Waals surface area contributed by atoms with E-state index < -0.39 is 10.0 Å². The van der Waals surface area contributed by atoms with Gasteiger partial charge in [0.25, 0.3) is 0 Å². The van der Waals surface area contributed by atoms with E-state index in [-0.39, 0.29) is 6.04 Å². The van der Waals surface area contributed by atoms with Crippen LogP contribution < -0.4 is 10.0 Å². The maximum absolute atomic E-state index is 12.5. The second-order valence-corrected chi connectivity index (χ2v) is 7.27. The number of hydrogen-bond acceptors (Lipinski definition) is 3. The zero-order valence-corrected chi connectivity index (χ0v) is 13.3. The van der Waals surface area contributed by atoms with Crippen LogP contribution in [-0.4, -0.2) is 21.5 Å². The highest BCUT2D eigenvalue weighted by Gasteiger charge is 2.39. The molecule has 5 heteroatoms. The summed E-state index contributed by atoms with van der Waals surface area (Å²) in [5.41, 5.74) is 1.86. The highest BCUT2D eigenvalue weighted by atomic mass is 32.2. The van der Waals surface area contributed by atoms with Crippen LogP contribution >= 0.6 is 0 Å². The average molecular weight is 296 g/mol. The lowest BCUT2D eigenvalue weighted by Crippen LogP contribution is -2.28. The second-order valence-electron chi connectivity index (χ2n) is 5.58. The average Bonchev–Trinajstić information content (AvgIpc) is 3.09. The van der Waals surface area contributed by atoms with E-state index in [4.69, 9.17) is 0 Å². The molecule has 4 nitrogen and oxygen atoms in total. The van der Waals surface area contributed by atoms with E-state index in [0.29, 0.717) is 17.4 Å².